The highest BCUT2D eigenvalue weighted by atomic mass is 19.1. The zero-order valence-corrected chi connectivity index (χ0v) is 17.4. The molecule has 1 aliphatic heterocycles. The Bertz CT molecular complexity index is 1060. The third-order valence-corrected chi connectivity index (χ3v) is 5.30. The van der Waals surface area contributed by atoms with Gasteiger partial charge in [0.05, 0.1) is 11.2 Å². The Labute approximate surface area is 175 Å². The molecular formula is C22H25FN6O. The molecule has 0 atom stereocenters. The number of carbonyl (C=O) groups is 1. The van der Waals surface area contributed by atoms with Crippen LogP contribution in [0.1, 0.15) is 13.8 Å². The van der Waals surface area contributed by atoms with Crippen molar-refractivity contribution in [3.05, 3.63) is 42.7 Å². The number of alkyl halides is 1. The second-order valence-corrected chi connectivity index (χ2v) is 7.83. The average molecular weight is 408 g/mol. The number of benzene rings is 1. The molecule has 0 aliphatic carbocycles. The van der Waals surface area contributed by atoms with Crippen LogP contribution in [0, 0.1) is 0 Å². The van der Waals surface area contributed by atoms with Crippen molar-refractivity contribution in [2.24, 2.45) is 0 Å². The number of piperazine rings is 1. The molecule has 0 radical (unpaired) electrons. The number of amides is 1. The molecule has 1 saturated heterocycles. The van der Waals surface area contributed by atoms with Crippen LogP contribution in [0.3, 0.4) is 0 Å². The number of aromatic nitrogens is 3. The van der Waals surface area contributed by atoms with E-state index in [1.165, 1.54) is 13.8 Å². The molecule has 1 amide bonds. The van der Waals surface area contributed by atoms with Gasteiger partial charge in [-0.25, -0.2) is 14.4 Å². The Morgan fingerprint density at radius 2 is 1.73 bits per heavy atom. The first-order chi connectivity index (χ1) is 14.4. The lowest BCUT2D eigenvalue weighted by atomic mass is 10.1. The molecule has 3 heterocycles. The average Bonchev–Trinajstić information content (AvgIpc) is 2.77. The largest absolute Gasteiger partial charge is 0.371 e. The van der Waals surface area contributed by atoms with Gasteiger partial charge in [0.15, 0.2) is 11.5 Å². The van der Waals surface area contributed by atoms with Gasteiger partial charge in [0.25, 0.3) is 5.91 Å². The molecule has 156 valence electrons. The minimum atomic E-state index is -1.83. The predicted molar refractivity (Wildman–Crippen MR) is 116 cm³/mol. The molecule has 1 N–H and O–H groups in total. The third kappa shape index (κ3) is 3.90. The predicted octanol–water partition coefficient (Wildman–Crippen LogP) is 3.13. The molecular weight excluding hydrogens is 383 g/mol. The van der Waals surface area contributed by atoms with E-state index < -0.39 is 11.6 Å². The highest BCUT2D eigenvalue weighted by Gasteiger charge is 2.33. The summed E-state index contributed by atoms with van der Waals surface area (Å²) in [7, 11) is 1.82. The van der Waals surface area contributed by atoms with Crippen LogP contribution in [-0.4, -0.2) is 64.7 Å². The number of nitrogens with one attached hydrogen (secondary N) is 1. The second-order valence-electron chi connectivity index (χ2n) is 7.83. The normalized spacial score (nSPS) is 14.8. The number of fused-ring (bicyclic) bond motifs is 1. The van der Waals surface area contributed by atoms with Crippen LogP contribution in [0.15, 0.2) is 42.7 Å². The Kier molecular flexibility index (Phi) is 5.24. The van der Waals surface area contributed by atoms with Crippen molar-refractivity contribution in [1.82, 2.24) is 19.9 Å². The lowest BCUT2D eigenvalue weighted by molar-refractivity contribution is -0.142. The van der Waals surface area contributed by atoms with E-state index in [1.807, 2.05) is 37.4 Å². The maximum absolute atomic E-state index is 13.9. The van der Waals surface area contributed by atoms with E-state index in [0.717, 1.165) is 28.0 Å². The summed E-state index contributed by atoms with van der Waals surface area (Å²) in [4.78, 5) is 29.4. The van der Waals surface area contributed by atoms with E-state index in [9.17, 15) is 9.18 Å². The number of pyridine rings is 1. The zero-order chi connectivity index (χ0) is 21.3. The summed E-state index contributed by atoms with van der Waals surface area (Å²) in [6.45, 7) is 5.01. The Morgan fingerprint density at radius 1 is 1.07 bits per heavy atom. The maximum Gasteiger partial charge on any atom is 0.259 e. The topological polar surface area (TPSA) is 74.2 Å². The van der Waals surface area contributed by atoms with Crippen LogP contribution in [0.4, 0.5) is 15.9 Å². The highest BCUT2D eigenvalue weighted by molar-refractivity contribution is 5.88. The number of anilines is 2. The third-order valence-electron chi connectivity index (χ3n) is 5.30. The van der Waals surface area contributed by atoms with Crippen molar-refractivity contribution >= 4 is 28.4 Å². The van der Waals surface area contributed by atoms with E-state index in [-0.39, 0.29) is 0 Å². The fraction of sp³-hybridized carbons (Fsp3) is 0.364. The van der Waals surface area contributed by atoms with Gasteiger partial charge in [-0.15, -0.1) is 0 Å². The first-order valence-electron chi connectivity index (χ1n) is 10.00. The summed E-state index contributed by atoms with van der Waals surface area (Å²) in [5, 5.41) is 3.09. The van der Waals surface area contributed by atoms with E-state index >= 15 is 0 Å². The monoisotopic (exact) mass is 408 g/mol. The molecule has 30 heavy (non-hydrogen) atoms. The lowest BCUT2D eigenvalue weighted by Crippen LogP contribution is -2.53. The number of nitrogens with zero attached hydrogens (tertiary/aromatic N) is 5. The minimum Gasteiger partial charge on any atom is -0.371 e. The van der Waals surface area contributed by atoms with E-state index in [1.54, 1.807) is 17.3 Å². The van der Waals surface area contributed by atoms with Crippen LogP contribution in [-0.2, 0) is 4.79 Å². The van der Waals surface area contributed by atoms with Gasteiger partial charge in [-0.1, -0.05) is 12.1 Å². The summed E-state index contributed by atoms with van der Waals surface area (Å²) in [5.41, 5.74) is 2.57. The zero-order valence-electron chi connectivity index (χ0n) is 17.4. The fourth-order valence-corrected chi connectivity index (χ4v) is 3.68. The van der Waals surface area contributed by atoms with Crippen molar-refractivity contribution in [3.8, 4) is 11.3 Å². The van der Waals surface area contributed by atoms with Gasteiger partial charge < -0.3 is 15.1 Å². The van der Waals surface area contributed by atoms with Gasteiger partial charge >= 0.3 is 0 Å². The Balaban J connectivity index is 1.50. The molecule has 7 nitrogen and oxygen atoms in total. The molecule has 0 saturated carbocycles. The van der Waals surface area contributed by atoms with Crippen LogP contribution in [0.2, 0.25) is 0 Å². The molecule has 0 unspecified atom stereocenters. The number of carbonyl (C=O) groups excluding carboxylic acids is 1. The molecule has 0 bridgehead atoms. The number of halogens is 1. The van der Waals surface area contributed by atoms with Crippen LogP contribution in [0.25, 0.3) is 22.3 Å². The van der Waals surface area contributed by atoms with Crippen molar-refractivity contribution in [2.75, 3.05) is 43.4 Å². The van der Waals surface area contributed by atoms with Gasteiger partial charge in [0.2, 0.25) is 0 Å². The first-order valence-corrected chi connectivity index (χ1v) is 10.00. The summed E-state index contributed by atoms with van der Waals surface area (Å²) in [6.07, 6.45) is 3.32. The molecule has 2 aromatic heterocycles. The summed E-state index contributed by atoms with van der Waals surface area (Å²) < 4.78 is 13.9. The second kappa shape index (κ2) is 7.85. The van der Waals surface area contributed by atoms with E-state index in [2.05, 4.69) is 25.2 Å². The van der Waals surface area contributed by atoms with Crippen molar-refractivity contribution in [3.63, 3.8) is 0 Å². The SMILES string of the molecule is CNc1nc(-c2ccc(N3CCN(C(=O)C(C)(C)F)CC3)cc2)cc2nccnc12. The number of rotatable bonds is 4. The molecule has 4 rings (SSSR count). The molecule has 0 spiro atoms. The molecule has 1 aliphatic rings. The van der Waals surface area contributed by atoms with Gasteiger partial charge in [0, 0.05) is 56.9 Å². The fourth-order valence-electron chi connectivity index (χ4n) is 3.68. The molecule has 3 aromatic rings. The van der Waals surface area contributed by atoms with Crippen LogP contribution < -0.4 is 10.2 Å². The Morgan fingerprint density at radius 3 is 2.37 bits per heavy atom. The van der Waals surface area contributed by atoms with E-state index in [4.69, 9.17) is 0 Å². The molecule has 1 aromatic carbocycles. The van der Waals surface area contributed by atoms with Crippen molar-refractivity contribution in [1.29, 1.82) is 0 Å². The van der Waals surface area contributed by atoms with Crippen LogP contribution >= 0.6 is 0 Å². The standard InChI is InChI=1S/C22H25FN6O/c1-22(2,23)21(30)29-12-10-28(11-13-29)16-6-4-15(5-7-16)17-14-18-19(20(24-3)27-17)26-9-8-25-18/h4-9,14H,10-13H2,1-3H3,(H,24,27). The Hall–Kier alpha value is -3.29. The van der Waals surface area contributed by atoms with Gasteiger partial charge in [-0.2, -0.15) is 0 Å². The molecule has 1 fully saturated rings. The lowest BCUT2D eigenvalue weighted by Gasteiger charge is -2.37. The smallest absolute Gasteiger partial charge is 0.259 e. The van der Waals surface area contributed by atoms with Crippen molar-refractivity contribution < 1.29 is 9.18 Å². The number of hydrogen-bond donors (Lipinski definition) is 1. The summed E-state index contributed by atoms with van der Waals surface area (Å²) in [6, 6.07) is 10.1. The number of hydrogen-bond acceptors (Lipinski definition) is 6. The van der Waals surface area contributed by atoms with Gasteiger partial charge in [-0.3, -0.25) is 9.78 Å². The first kappa shape index (κ1) is 20.0. The summed E-state index contributed by atoms with van der Waals surface area (Å²) in [5.74, 6) is 0.250. The van der Waals surface area contributed by atoms with E-state index in [0.29, 0.717) is 32.0 Å². The summed E-state index contributed by atoms with van der Waals surface area (Å²) >= 11 is 0. The van der Waals surface area contributed by atoms with Crippen LogP contribution in [0.5, 0.6) is 0 Å². The quantitative estimate of drug-likeness (QED) is 0.715. The maximum atomic E-state index is 13.9. The minimum absolute atomic E-state index is 0.441. The van der Waals surface area contributed by atoms with Gasteiger partial charge in [-0.05, 0) is 32.0 Å². The molecule has 8 heteroatoms. The highest BCUT2D eigenvalue weighted by Crippen LogP contribution is 2.27. The van der Waals surface area contributed by atoms with Gasteiger partial charge in [0.1, 0.15) is 5.52 Å². The van der Waals surface area contributed by atoms with Crippen molar-refractivity contribution in [2.45, 2.75) is 19.5 Å².